The fourth-order valence-corrected chi connectivity index (χ4v) is 5.02. The molecular weight excluding hydrogens is 372 g/mol. The van der Waals surface area contributed by atoms with E-state index in [1.807, 2.05) is 26.8 Å². The van der Waals surface area contributed by atoms with E-state index in [0.29, 0.717) is 5.56 Å². The highest BCUT2D eigenvalue weighted by molar-refractivity contribution is 7.91. The Morgan fingerprint density at radius 2 is 1.46 bits per heavy atom. The molecule has 0 unspecified atom stereocenters. The van der Waals surface area contributed by atoms with Gasteiger partial charge < -0.3 is 4.18 Å². The number of rotatable bonds is 4. The zero-order valence-electron chi connectivity index (χ0n) is 15.8. The predicted molar refractivity (Wildman–Crippen MR) is 102 cm³/mol. The van der Waals surface area contributed by atoms with E-state index in [2.05, 4.69) is 0 Å². The fraction of sp³-hybridized carbons (Fsp3) is 0.368. The van der Waals surface area contributed by atoms with Crippen molar-refractivity contribution in [3.8, 4) is 5.75 Å². The highest BCUT2D eigenvalue weighted by Crippen LogP contribution is 2.30. The summed E-state index contributed by atoms with van der Waals surface area (Å²) < 4.78 is 54.8. The van der Waals surface area contributed by atoms with Gasteiger partial charge in [-0.05, 0) is 60.2 Å². The first-order chi connectivity index (χ1) is 11.7. The van der Waals surface area contributed by atoms with Crippen LogP contribution in [0, 0.1) is 13.8 Å². The second kappa shape index (κ2) is 6.70. The minimum atomic E-state index is -4.18. The fourth-order valence-electron chi connectivity index (χ4n) is 2.62. The van der Waals surface area contributed by atoms with Gasteiger partial charge >= 0.3 is 10.1 Å². The molecule has 0 atom stereocenters. The summed E-state index contributed by atoms with van der Waals surface area (Å²) in [7, 11) is -7.73. The second-order valence-electron chi connectivity index (χ2n) is 7.47. The molecule has 5 nitrogen and oxygen atoms in total. The van der Waals surface area contributed by atoms with E-state index in [1.54, 1.807) is 25.1 Å². The average molecular weight is 397 g/mol. The summed E-state index contributed by atoms with van der Waals surface area (Å²) in [6.45, 7) is 9.17. The van der Waals surface area contributed by atoms with Crippen LogP contribution in [-0.4, -0.2) is 23.1 Å². The largest absolute Gasteiger partial charge is 0.379 e. The van der Waals surface area contributed by atoms with Crippen LogP contribution in [0.4, 0.5) is 0 Å². The van der Waals surface area contributed by atoms with Crippen LogP contribution in [0.3, 0.4) is 0 Å². The van der Waals surface area contributed by atoms with Crippen LogP contribution in [0.2, 0.25) is 0 Å². The third-order valence-corrected chi connectivity index (χ3v) is 6.63. The molecule has 7 heteroatoms. The van der Waals surface area contributed by atoms with Gasteiger partial charge in [-0.2, -0.15) is 8.42 Å². The number of benzene rings is 2. The van der Waals surface area contributed by atoms with Crippen molar-refractivity contribution < 1.29 is 21.0 Å². The van der Waals surface area contributed by atoms with Gasteiger partial charge in [0.25, 0.3) is 0 Å². The molecule has 2 aromatic rings. The van der Waals surface area contributed by atoms with Crippen molar-refractivity contribution in [2.75, 3.05) is 6.26 Å². The van der Waals surface area contributed by atoms with Gasteiger partial charge in [0.05, 0.1) is 4.90 Å². The standard InChI is InChI=1S/C19H24O5S2/c1-13-10-17(25(6,20)21)14(2)18(11-13)26(22,23)24-16-9-7-8-15(12-16)19(3,4)5/h7-12H,1-6H3. The molecular formula is C19H24O5S2. The molecule has 0 N–H and O–H groups in total. The van der Waals surface area contributed by atoms with Crippen molar-refractivity contribution in [1.82, 2.24) is 0 Å². The Labute approximate surface area is 156 Å². The molecule has 142 valence electrons. The number of sulfone groups is 1. The molecule has 0 saturated heterocycles. The maximum absolute atomic E-state index is 12.8. The first-order valence-corrected chi connectivity index (χ1v) is 11.4. The van der Waals surface area contributed by atoms with Crippen LogP contribution >= 0.6 is 0 Å². The van der Waals surface area contributed by atoms with Crippen molar-refractivity contribution in [3.05, 3.63) is 53.1 Å². The van der Waals surface area contributed by atoms with Crippen LogP contribution in [0.5, 0.6) is 5.75 Å². The van der Waals surface area contributed by atoms with Gasteiger partial charge in [0.2, 0.25) is 0 Å². The summed E-state index contributed by atoms with van der Waals surface area (Å²) in [5.74, 6) is 0.194. The van der Waals surface area contributed by atoms with Gasteiger partial charge in [0, 0.05) is 6.26 Å². The molecule has 0 bridgehead atoms. The van der Waals surface area contributed by atoms with Gasteiger partial charge in [-0.1, -0.05) is 32.9 Å². The van der Waals surface area contributed by atoms with Crippen LogP contribution in [0.25, 0.3) is 0 Å². The van der Waals surface area contributed by atoms with Gasteiger partial charge in [0.1, 0.15) is 10.6 Å². The lowest BCUT2D eigenvalue weighted by atomic mass is 9.87. The van der Waals surface area contributed by atoms with Gasteiger partial charge in [0.15, 0.2) is 9.84 Å². The van der Waals surface area contributed by atoms with Crippen LogP contribution in [0.15, 0.2) is 46.2 Å². The molecule has 2 aromatic carbocycles. The van der Waals surface area contributed by atoms with Gasteiger partial charge in [-0.3, -0.25) is 0 Å². The molecule has 0 aliphatic heterocycles. The quantitative estimate of drug-likeness (QED) is 0.735. The zero-order chi connectivity index (χ0) is 19.9. The SMILES string of the molecule is Cc1cc(S(C)(=O)=O)c(C)c(S(=O)(=O)Oc2cccc(C(C)(C)C)c2)c1. The zero-order valence-corrected chi connectivity index (χ0v) is 17.5. The highest BCUT2D eigenvalue weighted by atomic mass is 32.2. The smallest absolute Gasteiger partial charge is 0.339 e. The molecule has 0 saturated carbocycles. The van der Waals surface area contributed by atoms with E-state index in [4.69, 9.17) is 4.18 Å². The summed E-state index contributed by atoms with van der Waals surface area (Å²) >= 11 is 0. The van der Waals surface area contributed by atoms with Gasteiger partial charge in [-0.25, -0.2) is 8.42 Å². The third-order valence-electron chi connectivity index (χ3n) is 4.03. The molecule has 26 heavy (non-hydrogen) atoms. The van der Waals surface area contributed by atoms with Gasteiger partial charge in [-0.15, -0.1) is 0 Å². The first-order valence-electron chi connectivity index (χ1n) is 8.08. The number of hydrogen-bond donors (Lipinski definition) is 0. The summed E-state index contributed by atoms with van der Waals surface area (Å²) in [4.78, 5) is -0.151. The Kier molecular flexibility index (Phi) is 5.27. The minimum absolute atomic E-state index is 0.0110. The van der Waals surface area contributed by atoms with Crippen LogP contribution in [0.1, 0.15) is 37.5 Å². The van der Waals surface area contributed by atoms with Crippen molar-refractivity contribution >= 4 is 20.0 Å². The first kappa shape index (κ1) is 20.5. The summed E-state index contributed by atoms with van der Waals surface area (Å²) in [5, 5.41) is 0. The molecule has 0 spiro atoms. The van der Waals surface area contributed by atoms with Crippen molar-refractivity contribution in [2.24, 2.45) is 0 Å². The summed E-state index contributed by atoms with van der Waals surface area (Å²) in [6, 6.07) is 9.77. The maximum atomic E-state index is 12.8. The molecule has 0 fully saturated rings. The number of hydrogen-bond acceptors (Lipinski definition) is 5. The maximum Gasteiger partial charge on any atom is 0.339 e. The summed E-state index contributed by atoms with van der Waals surface area (Å²) in [6.07, 6.45) is 1.05. The van der Waals surface area contributed by atoms with E-state index in [0.717, 1.165) is 11.8 Å². The monoisotopic (exact) mass is 396 g/mol. The lowest BCUT2D eigenvalue weighted by Gasteiger charge is -2.20. The van der Waals surface area contributed by atoms with E-state index in [9.17, 15) is 16.8 Å². The summed E-state index contributed by atoms with van der Waals surface area (Å²) in [5.41, 5.74) is 1.46. The predicted octanol–water partition coefficient (Wildman–Crippen LogP) is 3.77. The normalized spacial score (nSPS) is 12.8. The Balaban J connectivity index is 2.55. The molecule has 0 aromatic heterocycles. The Hall–Kier alpha value is -1.86. The molecule has 0 amide bonds. The highest BCUT2D eigenvalue weighted by Gasteiger charge is 2.25. The topological polar surface area (TPSA) is 77.5 Å². The van der Waals surface area contributed by atoms with E-state index >= 15 is 0 Å². The number of aryl methyl sites for hydroxylation is 1. The molecule has 0 aliphatic carbocycles. The van der Waals surface area contributed by atoms with Crippen molar-refractivity contribution in [3.63, 3.8) is 0 Å². The minimum Gasteiger partial charge on any atom is -0.379 e. The van der Waals surface area contributed by atoms with Crippen LogP contribution < -0.4 is 4.18 Å². The lowest BCUT2D eigenvalue weighted by Crippen LogP contribution is -2.15. The molecule has 0 radical (unpaired) electrons. The van der Waals surface area contributed by atoms with Crippen molar-refractivity contribution in [1.29, 1.82) is 0 Å². The molecule has 2 rings (SSSR count). The Bertz CT molecular complexity index is 1040. The second-order valence-corrected chi connectivity index (χ2v) is 11.0. The van der Waals surface area contributed by atoms with Crippen LogP contribution in [-0.2, 0) is 25.4 Å². The average Bonchev–Trinajstić information content (AvgIpc) is 2.47. The van der Waals surface area contributed by atoms with E-state index in [1.165, 1.54) is 19.1 Å². The Morgan fingerprint density at radius 1 is 0.885 bits per heavy atom. The molecule has 0 aliphatic rings. The molecule has 0 heterocycles. The third kappa shape index (κ3) is 4.45. The lowest BCUT2D eigenvalue weighted by molar-refractivity contribution is 0.483. The van der Waals surface area contributed by atoms with Crippen molar-refractivity contribution in [2.45, 2.75) is 49.8 Å². The van der Waals surface area contributed by atoms with E-state index < -0.39 is 20.0 Å². The van der Waals surface area contributed by atoms with E-state index in [-0.39, 0.29) is 26.5 Å². The Morgan fingerprint density at radius 3 is 2.00 bits per heavy atom.